The van der Waals surface area contributed by atoms with Crippen molar-refractivity contribution >= 4 is 39.9 Å². The van der Waals surface area contributed by atoms with Gasteiger partial charge in [0.05, 0.1) is 42.3 Å². The van der Waals surface area contributed by atoms with Gasteiger partial charge in [0.1, 0.15) is 0 Å². The first-order valence-corrected chi connectivity index (χ1v) is 12.3. The van der Waals surface area contributed by atoms with E-state index in [0.29, 0.717) is 54.4 Å². The largest absolute Gasteiger partial charge is 0.490 e. The Balaban J connectivity index is 1.30. The van der Waals surface area contributed by atoms with Gasteiger partial charge in [-0.15, -0.1) is 0 Å². The van der Waals surface area contributed by atoms with Crippen LogP contribution in [0.3, 0.4) is 0 Å². The van der Waals surface area contributed by atoms with E-state index in [4.69, 9.17) is 14.2 Å². The second kappa shape index (κ2) is 9.50. The number of carbonyl (C=O) groups excluding carboxylic acids is 3. The van der Waals surface area contributed by atoms with E-state index in [9.17, 15) is 14.4 Å². The van der Waals surface area contributed by atoms with Crippen molar-refractivity contribution in [2.45, 2.75) is 13.3 Å². The van der Waals surface area contributed by atoms with Crippen LogP contribution in [0.25, 0.3) is 0 Å². The number of morpholine rings is 1. The first-order valence-electron chi connectivity index (χ1n) is 11.5. The highest BCUT2D eigenvalue weighted by Gasteiger charge is 2.59. The molecule has 2 aliphatic heterocycles. The van der Waals surface area contributed by atoms with Crippen molar-refractivity contribution in [3.05, 3.63) is 34.3 Å². The van der Waals surface area contributed by atoms with Crippen molar-refractivity contribution in [1.29, 1.82) is 0 Å². The Morgan fingerprint density at radius 1 is 1.15 bits per heavy atom. The Morgan fingerprint density at radius 3 is 2.47 bits per heavy atom. The van der Waals surface area contributed by atoms with E-state index in [-0.39, 0.29) is 48.0 Å². The summed E-state index contributed by atoms with van der Waals surface area (Å²) in [5.41, 5.74) is 0.626. The summed E-state index contributed by atoms with van der Waals surface area (Å²) < 4.78 is 17.4. The number of amides is 3. The highest BCUT2D eigenvalue weighted by atomic mass is 79.9. The van der Waals surface area contributed by atoms with Crippen molar-refractivity contribution < 1.29 is 28.6 Å². The summed E-state index contributed by atoms with van der Waals surface area (Å²) in [6, 6.07) is 3.46. The van der Waals surface area contributed by atoms with Gasteiger partial charge in [-0.2, -0.15) is 10.1 Å². The molecule has 180 valence electrons. The molecule has 0 unspecified atom stereocenters. The van der Waals surface area contributed by atoms with Crippen molar-refractivity contribution in [3.8, 4) is 11.5 Å². The molecule has 34 heavy (non-hydrogen) atoms. The molecule has 2 aliphatic carbocycles. The van der Waals surface area contributed by atoms with Gasteiger partial charge < -0.3 is 19.1 Å². The number of carbonyl (C=O) groups is 3. The number of halogens is 1. The van der Waals surface area contributed by atoms with E-state index in [1.807, 2.05) is 6.92 Å². The Morgan fingerprint density at radius 2 is 1.82 bits per heavy atom. The Bertz CT molecular complexity index is 1040. The number of hydrogen-bond acceptors (Lipinski definition) is 7. The van der Waals surface area contributed by atoms with Gasteiger partial charge >= 0.3 is 0 Å². The molecule has 9 nitrogen and oxygen atoms in total. The van der Waals surface area contributed by atoms with Crippen LogP contribution in [-0.4, -0.2) is 73.4 Å². The lowest BCUT2D eigenvalue weighted by Crippen LogP contribution is -2.43. The predicted octanol–water partition coefficient (Wildman–Crippen LogP) is 2.23. The van der Waals surface area contributed by atoms with Gasteiger partial charge in [-0.1, -0.05) is 12.2 Å². The second-order valence-corrected chi connectivity index (χ2v) is 9.63. The minimum atomic E-state index is -0.287. The van der Waals surface area contributed by atoms with Crippen molar-refractivity contribution in [2.75, 3.05) is 39.5 Å². The summed E-state index contributed by atoms with van der Waals surface area (Å²) in [6.45, 7) is 4.25. The number of rotatable bonds is 7. The zero-order valence-corrected chi connectivity index (χ0v) is 20.4. The summed E-state index contributed by atoms with van der Waals surface area (Å²) in [5.74, 6) is -0.0254. The number of allylic oxidation sites excluding steroid dienone is 2. The second-order valence-electron chi connectivity index (χ2n) is 8.78. The van der Waals surface area contributed by atoms with Gasteiger partial charge in [0.15, 0.2) is 18.1 Å². The van der Waals surface area contributed by atoms with E-state index in [2.05, 4.69) is 33.2 Å². The lowest BCUT2D eigenvalue weighted by Gasteiger charge is -2.27. The maximum atomic E-state index is 12.8. The van der Waals surface area contributed by atoms with E-state index < -0.39 is 0 Å². The fraction of sp³-hybridized carbons (Fsp3) is 0.500. The molecule has 10 heteroatoms. The van der Waals surface area contributed by atoms with Gasteiger partial charge in [0, 0.05) is 13.1 Å². The average molecular weight is 532 g/mol. The number of benzene rings is 1. The minimum absolute atomic E-state index is 0.122. The number of ether oxygens (including phenoxy) is 3. The van der Waals surface area contributed by atoms with Crippen molar-refractivity contribution in [3.63, 3.8) is 0 Å². The molecule has 1 aromatic carbocycles. The molecule has 0 N–H and O–H groups in total. The Hall–Kier alpha value is -2.72. The van der Waals surface area contributed by atoms with Gasteiger partial charge in [-0.25, -0.2) is 0 Å². The van der Waals surface area contributed by atoms with Crippen molar-refractivity contribution in [2.24, 2.45) is 28.8 Å². The van der Waals surface area contributed by atoms with Crippen LogP contribution in [0.5, 0.6) is 11.5 Å². The summed E-state index contributed by atoms with van der Waals surface area (Å²) in [6.07, 6.45) is 6.46. The van der Waals surface area contributed by atoms with Crippen LogP contribution in [0.4, 0.5) is 0 Å². The molecule has 2 bridgehead atoms. The summed E-state index contributed by atoms with van der Waals surface area (Å²) in [5, 5.41) is 5.25. The van der Waals surface area contributed by atoms with Crippen LogP contribution < -0.4 is 9.47 Å². The average Bonchev–Trinajstić information content (AvgIpc) is 3.52. The maximum absolute atomic E-state index is 12.8. The lowest BCUT2D eigenvalue weighted by atomic mass is 9.85. The molecule has 3 amide bonds. The molecule has 1 saturated carbocycles. The number of nitrogens with zero attached hydrogens (tertiary/aromatic N) is 3. The molecule has 4 aliphatic rings. The van der Waals surface area contributed by atoms with Crippen LogP contribution in [0.1, 0.15) is 18.9 Å². The van der Waals surface area contributed by atoms with Crippen LogP contribution in [0.15, 0.2) is 33.9 Å². The number of hydrazone groups is 1. The van der Waals surface area contributed by atoms with Crippen LogP contribution in [0, 0.1) is 23.7 Å². The fourth-order valence-corrected chi connectivity index (χ4v) is 5.80. The van der Waals surface area contributed by atoms with Crippen LogP contribution >= 0.6 is 15.9 Å². The normalized spacial score (nSPS) is 27.7. The molecule has 1 aromatic rings. The van der Waals surface area contributed by atoms with Crippen molar-refractivity contribution in [1.82, 2.24) is 9.91 Å². The minimum Gasteiger partial charge on any atom is -0.490 e. The molecule has 3 fully saturated rings. The van der Waals surface area contributed by atoms with Gasteiger partial charge in [0.2, 0.25) is 0 Å². The smallest absolute Gasteiger partial charge is 0.260 e. The number of fused-ring (bicyclic) bond motifs is 5. The number of imide groups is 1. The first kappa shape index (κ1) is 23.0. The molecule has 5 rings (SSSR count). The van der Waals surface area contributed by atoms with Gasteiger partial charge in [-0.05, 0) is 58.8 Å². The third-order valence-electron chi connectivity index (χ3n) is 6.80. The van der Waals surface area contributed by atoms with Crippen LogP contribution in [-0.2, 0) is 19.1 Å². The third-order valence-corrected chi connectivity index (χ3v) is 7.39. The highest BCUT2D eigenvalue weighted by molar-refractivity contribution is 9.10. The molecule has 0 spiro atoms. The quantitative estimate of drug-likeness (QED) is 0.304. The fourth-order valence-electron chi connectivity index (χ4n) is 5.23. The highest BCUT2D eigenvalue weighted by Crippen LogP contribution is 2.52. The summed E-state index contributed by atoms with van der Waals surface area (Å²) >= 11 is 3.49. The predicted molar refractivity (Wildman–Crippen MR) is 125 cm³/mol. The lowest BCUT2D eigenvalue weighted by molar-refractivity contribution is -0.140. The maximum Gasteiger partial charge on any atom is 0.260 e. The van der Waals surface area contributed by atoms with Gasteiger partial charge in [0.25, 0.3) is 17.7 Å². The number of hydrogen-bond donors (Lipinski definition) is 0. The third kappa shape index (κ3) is 4.13. The molecular weight excluding hydrogens is 506 g/mol. The zero-order valence-electron chi connectivity index (χ0n) is 18.8. The van der Waals surface area contributed by atoms with E-state index in [1.54, 1.807) is 17.0 Å². The SMILES string of the molecule is CCOc1cc(C=NN2C(=O)[C@@H]3[C@H](C2=O)[C@H]2C=C[C@H]3C2)cc(Br)c1OCC(=O)N1CCOCC1. The summed E-state index contributed by atoms with van der Waals surface area (Å²) in [7, 11) is 0. The molecule has 2 saturated heterocycles. The monoisotopic (exact) mass is 531 g/mol. The molecule has 0 radical (unpaired) electrons. The summed E-state index contributed by atoms with van der Waals surface area (Å²) in [4.78, 5) is 39.8. The Kier molecular flexibility index (Phi) is 6.44. The van der Waals surface area contributed by atoms with E-state index in [1.165, 1.54) is 6.21 Å². The van der Waals surface area contributed by atoms with Gasteiger partial charge in [-0.3, -0.25) is 14.4 Å². The van der Waals surface area contributed by atoms with Crippen LogP contribution in [0.2, 0.25) is 0 Å². The zero-order chi connectivity index (χ0) is 23.8. The van der Waals surface area contributed by atoms with E-state index >= 15 is 0 Å². The molecular formula is C24H26BrN3O6. The molecule has 0 aromatic heterocycles. The Labute approximate surface area is 205 Å². The topological polar surface area (TPSA) is 97.7 Å². The molecule has 2 heterocycles. The molecule has 4 atom stereocenters. The first-order chi connectivity index (χ1) is 16.5. The standard InChI is InChI=1S/C24H26BrN3O6/c1-2-33-18-10-14(9-17(25)22(18)34-13-19(29)27-5-7-32-8-6-27)12-26-28-23(30)20-15-3-4-16(11-15)21(20)24(28)31/h3-4,9-10,12,15-16,20-21H,2,5-8,11,13H2,1H3/t15-,16-,20-,21+/m0/s1. The van der Waals surface area contributed by atoms with E-state index in [0.717, 1.165) is 11.4 Å².